The fourth-order valence-electron chi connectivity index (χ4n) is 1.44. The summed E-state index contributed by atoms with van der Waals surface area (Å²) in [6.45, 7) is 1.73. The highest BCUT2D eigenvalue weighted by molar-refractivity contribution is 6.17. The Labute approximate surface area is 97.1 Å². The zero-order valence-corrected chi connectivity index (χ0v) is 9.58. The number of benzene rings is 1. The minimum absolute atomic E-state index is 0.0258. The van der Waals surface area contributed by atoms with Gasteiger partial charge in [0.25, 0.3) is 5.69 Å². The molecule has 16 heavy (non-hydrogen) atoms. The molecular weight excluding hydrogens is 234 g/mol. The Morgan fingerprint density at radius 1 is 1.56 bits per heavy atom. The number of nitro benzene ring substituents is 1. The number of ether oxygens (including phenoxy) is 1. The highest BCUT2D eigenvalue weighted by Gasteiger charge is 2.25. The van der Waals surface area contributed by atoms with Crippen molar-refractivity contribution < 1.29 is 14.5 Å². The molecule has 0 radical (unpaired) electrons. The molecule has 0 aliphatic heterocycles. The Balaban J connectivity index is 3.50. The molecule has 0 amide bonds. The van der Waals surface area contributed by atoms with Crippen molar-refractivity contribution in [3.63, 3.8) is 0 Å². The zero-order chi connectivity index (χ0) is 12.3. The molecule has 0 spiro atoms. The summed E-state index contributed by atoms with van der Waals surface area (Å²) in [6.07, 6.45) is 0. The third kappa shape index (κ3) is 2.30. The first-order chi connectivity index (χ1) is 7.51. The van der Waals surface area contributed by atoms with E-state index in [0.717, 1.165) is 5.56 Å². The van der Waals surface area contributed by atoms with Gasteiger partial charge in [0.1, 0.15) is 5.56 Å². The molecule has 0 bridgehead atoms. The standard InChI is InChI=1S/C10H10ClNO4/c1-6-3-7(5-11)9(12(14)15)8(4-6)10(13)16-2/h3-4H,5H2,1-2H3. The molecule has 0 saturated carbocycles. The van der Waals surface area contributed by atoms with Crippen LogP contribution in [0.4, 0.5) is 5.69 Å². The molecule has 0 aromatic heterocycles. The normalized spacial score (nSPS) is 9.94. The van der Waals surface area contributed by atoms with Gasteiger partial charge in [0, 0.05) is 5.56 Å². The van der Waals surface area contributed by atoms with Crippen LogP contribution in [0.3, 0.4) is 0 Å². The van der Waals surface area contributed by atoms with Crippen LogP contribution in [-0.4, -0.2) is 18.0 Å². The number of halogens is 1. The number of nitrogens with zero attached hydrogens (tertiary/aromatic N) is 1. The van der Waals surface area contributed by atoms with E-state index in [9.17, 15) is 14.9 Å². The second-order valence-corrected chi connectivity index (χ2v) is 3.47. The Bertz CT molecular complexity index is 445. The van der Waals surface area contributed by atoms with E-state index in [0.29, 0.717) is 5.56 Å². The van der Waals surface area contributed by atoms with Crippen molar-refractivity contribution in [1.29, 1.82) is 0 Å². The second-order valence-electron chi connectivity index (χ2n) is 3.20. The predicted octanol–water partition coefficient (Wildman–Crippen LogP) is 2.43. The number of carbonyl (C=O) groups excluding carboxylic acids is 1. The van der Waals surface area contributed by atoms with Crippen molar-refractivity contribution in [1.82, 2.24) is 0 Å². The van der Waals surface area contributed by atoms with E-state index >= 15 is 0 Å². The molecule has 0 heterocycles. The third-order valence-electron chi connectivity index (χ3n) is 2.07. The fraction of sp³-hybridized carbons (Fsp3) is 0.300. The molecule has 0 aliphatic carbocycles. The smallest absolute Gasteiger partial charge is 0.344 e. The molecule has 0 fully saturated rings. The topological polar surface area (TPSA) is 69.4 Å². The molecule has 1 aromatic rings. The van der Waals surface area contributed by atoms with Gasteiger partial charge in [-0.15, -0.1) is 11.6 Å². The molecule has 0 saturated heterocycles. The van der Waals surface area contributed by atoms with E-state index in [-0.39, 0.29) is 17.1 Å². The highest BCUT2D eigenvalue weighted by atomic mass is 35.5. The van der Waals surface area contributed by atoms with Crippen LogP contribution in [0.25, 0.3) is 0 Å². The van der Waals surface area contributed by atoms with Crippen molar-refractivity contribution >= 4 is 23.3 Å². The Morgan fingerprint density at radius 3 is 2.62 bits per heavy atom. The lowest BCUT2D eigenvalue weighted by Gasteiger charge is -2.06. The molecule has 1 rings (SSSR count). The Hall–Kier alpha value is -1.62. The van der Waals surface area contributed by atoms with E-state index in [1.54, 1.807) is 13.0 Å². The van der Waals surface area contributed by atoms with E-state index in [2.05, 4.69) is 4.74 Å². The van der Waals surface area contributed by atoms with Crippen molar-refractivity contribution in [2.75, 3.05) is 7.11 Å². The summed E-state index contributed by atoms with van der Waals surface area (Å²) >= 11 is 5.61. The van der Waals surface area contributed by atoms with Crippen LogP contribution >= 0.6 is 11.6 Å². The van der Waals surface area contributed by atoms with Gasteiger partial charge in [-0.25, -0.2) is 4.79 Å². The summed E-state index contributed by atoms with van der Waals surface area (Å²) in [5.74, 6) is -0.760. The average molecular weight is 244 g/mol. The van der Waals surface area contributed by atoms with Crippen LogP contribution in [0.15, 0.2) is 12.1 Å². The van der Waals surface area contributed by atoms with Crippen LogP contribution in [-0.2, 0) is 10.6 Å². The molecule has 5 nitrogen and oxygen atoms in total. The van der Waals surface area contributed by atoms with E-state index in [1.165, 1.54) is 13.2 Å². The van der Waals surface area contributed by atoms with E-state index < -0.39 is 10.9 Å². The van der Waals surface area contributed by atoms with Gasteiger partial charge in [-0.3, -0.25) is 10.1 Å². The van der Waals surface area contributed by atoms with Crippen molar-refractivity contribution in [2.45, 2.75) is 12.8 Å². The lowest BCUT2D eigenvalue weighted by atomic mass is 10.0. The number of esters is 1. The summed E-state index contributed by atoms with van der Waals surface area (Å²) in [4.78, 5) is 21.6. The largest absolute Gasteiger partial charge is 0.465 e. The number of nitro groups is 1. The molecular formula is C10H10ClNO4. The molecule has 0 N–H and O–H groups in total. The summed E-state index contributed by atoms with van der Waals surface area (Å²) in [5.41, 5.74) is 0.685. The van der Waals surface area contributed by atoms with Crippen molar-refractivity contribution in [2.24, 2.45) is 0 Å². The minimum atomic E-state index is -0.734. The summed E-state index contributed by atoms with van der Waals surface area (Å²) in [6, 6.07) is 3.00. The number of hydrogen-bond acceptors (Lipinski definition) is 4. The van der Waals surface area contributed by atoms with Crippen molar-refractivity contribution in [3.8, 4) is 0 Å². The average Bonchev–Trinajstić information content (AvgIpc) is 2.26. The predicted molar refractivity (Wildman–Crippen MR) is 58.7 cm³/mol. The molecule has 86 valence electrons. The van der Waals surface area contributed by atoms with Crippen LogP contribution in [0, 0.1) is 17.0 Å². The first-order valence-electron chi connectivity index (χ1n) is 4.43. The SMILES string of the molecule is COC(=O)c1cc(C)cc(CCl)c1[N+](=O)[O-]. The van der Waals surface area contributed by atoms with Gasteiger partial charge in [0.05, 0.1) is 17.9 Å². The number of carbonyl (C=O) groups is 1. The Kier molecular flexibility index (Phi) is 3.84. The Morgan fingerprint density at radius 2 is 2.19 bits per heavy atom. The van der Waals surface area contributed by atoms with Gasteiger partial charge < -0.3 is 4.74 Å². The van der Waals surface area contributed by atoms with E-state index in [4.69, 9.17) is 11.6 Å². The summed E-state index contributed by atoms with van der Waals surface area (Å²) in [5, 5.41) is 10.9. The molecule has 0 aliphatic rings. The van der Waals surface area contributed by atoms with Crippen LogP contribution in [0.5, 0.6) is 0 Å². The van der Waals surface area contributed by atoms with Gasteiger partial charge in [0.15, 0.2) is 0 Å². The lowest BCUT2D eigenvalue weighted by molar-refractivity contribution is -0.385. The van der Waals surface area contributed by atoms with Gasteiger partial charge in [0.2, 0.25) is 0 Å². The number of aryl methyl sites for hydroxylation is 1. The van der Waals surface area contributed by atoms with Gasteiger partial charge in [-0.05, 0) is 24.6 Å². The van der Waals surface area contributed by atoms with Crippen LogP contribution < -0.4 is 0 Å². The molecule has 1 aromatic carbocycles. The second kappa shape index (κ2) is 4.94. The quantitative estimate of drug-likeness (QED) is 0.354. The number of methoxy groups -OCH3 is 1. The number of hydrogen-bond donors (Lipinski definition) is 0. The summed E-state index contributed by atoms with van der Waals surface area (Å²) in [7, 11) is 1.18. The maximum absolute atomic E-state index is 11.4. The highest BCUT2D eigenvalue weighted by Crippen LogP contribution is 2.27. The lowest BCUT2D eigenvalue weighted by Crippen LogP contribution is -2.08. The molecule has 6 heteroatoms. The van der Waals surface area contributed by atoms with Crippen LogP contribution in [0.2, 0.25) is 0 Å². The van der Waals surface area contributed by atoms with Gasteiger partial charge >= 0.3 is 5.97 Å². The van der Waals surface area contributed by atoms with Gasteiger partial charge in [-0.1, -0.05) is 0 Å². The van der Waals surface area contributed by atoms with Crippen molar-refractivity contribution in [3.05, 3.63) is 38.9 Å². The number of rotatable bonds is 3. The van der Waals surface area contributed by atoms with Gasteiger partial charge in [-0.2, -0.15) is 0 Å². The molecule has 0 atom stereocenters. The first kappa shape index (κ1) is 12.4. The fourth-order valence-corrected chi connectivity index (χ4v) is 1.64. The third-order valence-corrected chi connectivity index (χ3v) is 2.35. The maximum Gasteiger partial charge on any atom is 0.344 e. The zero-order valence-electron chi connectivity index (χ0n) is 8.82. The minimum Gasteiger partial charge on any atom is -0.465 e. The van der Waals surface area contributed by atoms with E-state index in [1.807, 2.05) is 0 Å². The first-order valence-corrected chi connectivity index (χ1v) is 4.97. The maximum atomic E-state index is 11.4. The monoisotopic (exact) mass is 243 g/mol. The van der Waals surface area contributed by atoms with Crippen LogP contribution in [0.1, 0.15) is 21.5 Å². The summed E-state index contributed by atoms with van der Waals surface area (Å²) < 4.78 is 4.50. The molecule has 0 unspecified atom stereocenters. The number of alkyl halides is 1.